The smallest absolute Gasteiger partial charge is 0.00371 e. The summed E-state index contributed by atoms with van der Waals surface area (Å²) in [5.74, 6) is 1.70. The molecule has 0 amide bonds. The average molecular weight is 743 g/mol. The van der Waals surface area contributed by atoms with Crippen molar-refractivity contribution in [2.45, 2.75) is 63.5 Å². The van der Waals surface area contributed by atoms with Crippen molar-refractivity contribution in [3.05, 3.63) is 6.42 Å². The van der Waals surface area contributed by atoms with Gasteiger partial charge >= 0.3 is 0 Å². The van der Waals surface area contributed by atoms with Gasteiger partial charge in [-0.3, -0.25) is 0 Å². The van der Waals surface area contributed by atoms with Gasteiger partial charge in [0.1, 0.15) is 0 Å². The van der Waals surface area contributed by atoms with Gasteiger partial charge in [0.05, 0.1) is 0 Å². The van der Waals surface area contributed by atoms with E-state index in [2.05, 4.69) is 6.42 Å². The maximum atomic E-state index is 5.92. The topological polar surface area (TPSA) is 52.0 Å². The SMILES string of the molecule is NC1CCC([CH-]C2CCC(N)CC2)CC1.[Rf].[Rf]. The Morgan fingerprint density at radius 1 is 0.588 bits per heavy atom. The van der Waals surface area contributed by atoms with Gasteiger partial charge in [-0.2, -0.15) is 11.8 Å². The van der Waals surface area contributed by atoms with Crippen LogP contribution in [0, 0.1) is 18.3 Å². The Hall–Kier alpha value is -2.08. The van der Waals surface area contributed by atoms with E-state index in [4.69, 9.17) is 11.5 Å². The summed E-state index contributed by atoms with van der Waals surface area (Å²) in [6, 6.07) is 0.962. The minimum absolute atomic E-state index is 0. The Bertz CT molecular complexity index is 166. The third kappa shape index (κ3) is 4.12. The molecule has 4 heteroatoms. The molecule has 0 heterocycles. The van der Waals surface area contributed by atoms with Crippen molar-refractivity contribution < 1.29 is 0 Å². The summed E-state index contributed by atoms with van der Waals surface area (Å²) < 4.78 is 0. The van der Waals surface area contributed by atoms with Crippen LogP contribution in [-0.2, 0) is 0 Å². The molecular weight excluding hydrogens is 718 g/mol. The van der Waals surface area contributed by atoms with Crippen molar-refractivity contribution in [3.8, 4) is 0 Å². The molecule has 2 aliphatic carbocycles. The molecule has 0 aromatic carbocycles. The van der Waals surface area contributed by atoms with E-state index >= 15 is 0 Å². The van der Waals surface area contributed by atoms with Crippen molar-refractivity contribution in [2.75, 3.05) is 0 Å². The molecule has 2 rings (SSSR count). The molecule has 2 aliphatic rings. The monoisotopic (exact) mass is 743 g/mol. The van der Waals surface area contributed by atoms with Gasteiger partial charge in [-0.05, 0) is 25.7 Å². The summed E-state index contributed by atoms with van der Waals surface area (Å²) in [6.45, 7) is 0. The van der Waals surface area contributed by atoms with Gasteiger partial charge in [-0.15, -0.1) is 0 Å². The van der Waals surface area contributed by atoms with Gasteiger partial charge in [-0.25, -0.2) is 0 Å². The van der Waals surface area contributed by atoms with Crippen LogP contribution in [0.15, 0.2) is 0 Å². The summed E-state index contributed by atoms with van der Waals surface area (Å²) in [5.41, 5.74) is 11.8. The molecule has 2 saturated carbocycles. The van der Waals surface area contributed by atoms with E-state index in [1.54, 1.807) is 0 Å². The Morgan fingerprint density at radius 3 is 1.18 bits per heavy atom. The fourth-order valence-corrected chi connectivity index (χ4v) is 3.06. The zero-order chi connectivity index (χ0) is 10.7. The van der Waals surface area contributed by atoms with Gasteiger partial charge in [0.15, 0.2) is 0 Å². The molecule has 0 saturated heterocycles. The Kier molecular flexibility index (Phi) is 5.70. The van der Waals surface area contributed by atoms with Gasteiger partial charge in [0.25, 0.3) is 0 Å². The largest absolute Gasteiger partial charge is 0.328 e. The molecule has 0 aromatic heterocycles. The minimum Gasteiger partial charge on any atom is -0.328 e. The zero-order valence-corrected chi connectivity index (χ0v) is 23.9. The van der Waals surface area contributed by atoms with Crippen LogP contribution in [0.1, 0.15) is 51.4 Å². The molecule has 0 bridgehead atoms. The molecule has 0 spiro atoms. The predicted octanol–water partition coefficient (Wildman–Crippen LogP) is 2.23. The van der Waals surface area contributed by atoms with Gasteiger partial charge < -0.3 is 17.9 Å². The molecule has 2 nitrogen and oxygen atoms in total. The van der Waals surface area contributed by atoms with E-state index in [9.17, 15) is 0 Å². The first-order chi connectivity index (χ1) is 7.24. The predicted molar refractivity (Wildman–Crippen MR) is 64.2 cm³/mol. The summed E-state index contributed by atoms with van der Waals surface area (Å²) in [4.78, 5) is 0. The van der Waals surface area contributed by atoms with Crippen molar-refractivity contribution in [1.29, 1.82) is 0 Å². The van der Waals surface area contributed by atoms with Crippen LogP contribution in [0.2, 0.25) is 0 Å². The summed E-state index contributed by atoms with van der Waals surface area (Å²) in [7, 11) is 0. The van der Waals surface area contributed by atoms with E-state index in [1.165, 1.54) is 51.4 Å². The van der Waals surface area contributed by atoms with Gasteiger partial charge in [0, 0.05) is 12.1 Å². The van der Waals surface area contributed by atoms with Crippen LogP contribution in [-0.4, -0.2) is 12.1 Å². The first-order valence-electron chi connectivity index (χ1n) is 6.60. The summed E-state index contributed by atoms with van der Waals surface area (Å²) in [5, 5.41) is 0. The quantitative estimate of drug-likeness (QED) is 0.427. The molecule has 0 atom stereocenters. The van der Waals surface area contributed by atoms with Crippen molar-refractivity contribution >= 4 is 0 Å². The van der Waals surface area contributed by atoms with Crippen LogP contribution in [0.3, 0.4) is 0 Å². The Morgan fingerprint density at radius 2 is 0.882 bits per heavy atom. The van der Waals surface area contributed by atoms with Crippen molar-refractivity contribution in [1.82, 2.24) is 0 Å². The molecule has 0 unspecified atom stereocenters. The zero-order valence-electron chi connectivity index (χ0n) is 11.1. The summed E-state index contributed by atoms with van der Waals surface area (Å²) >= 11 is 0. The second-order valence-electron chi connectivity index (χ2n) is 5.54. The molecule has 2 fully saturated rings. The number of hydrogen-bond acceptors (Lipinski definition) is 2. The van der Waals surface area contributed by atoms with E-state index in [0.29, 0.717) is 12.1 Å². The third-order valence-electron chi connectivity index (χ3n) is 4.18. The van der Waals surface area contributed by atoms with Crippen LogP contribution in [0.4, 0.5) is 0 Å². The van der Waals surface area contributed by atoms with Crippen LogP contribution in [0.25, 0.3) is 0 Å². The second kappa shape index (κ2) is 6.49. The van der Waals surface area contributed by atoms with Crippen LogP contribution < -0.4 is 11.5 Å². The number of hydrogen-bond donors (Lipinski definition) is 2. The number of nitrogens with two attached hydrogens (primary N) is 2. The number of rotatable bonds is 2. The van der Waals surface area contributed by atoms with Gasteiger partial charge in [-0.1, -0.05) is 25.7 Å². The maximum Gasteiger partial charge on any atom is 0.00371 e. The van der Waals surface area contributed by atoms with E-state index in [-0.39, 0.29) is 0 Å². The van der Waals surface area contributed by atoms with Gasteiger partial charge in [0.2, 0.25) is 0 Å². The Balaban J connectivity index is 0.00000128. The normalized spacial score (nSPS) is 37.8. The molecule has 17 heavy (non-hydrogen) atoms. The van der Waals surface area contributed by atoms with Crippen molar-refractivity contribution in [3.63, 3.8) is 0 Å². The van der Waals surface area contributed by atoms with Crippen molar-refractivity contribution in [2.24, 2.45) is 23.3 Å². The first-order valence-corrected chi connectivity index (χ1v) is 6.60. The molecule has 0 aliphatic heterocycles. The average Bonchev–Trinajstić information content (AvgIpc) is 2.25. The minimum atomic E-state index is 0. The molecule has 4 N–H and O–H groups in total. The fourth-order valence-electron chi connectivity index (χ4n) is 3.06. The molecular formula is C13H25N2Rf2-. The first kappa shape index (κ1) is 14.9. The fraction of sp³-hybridized carbons (Fsp3) is 0.923. The molecule has 92 valence electrons. The third-order valence-corrected chi connectivity index (χ3v) is 4.18. The molecule has 0 aromatic rings. The second-order valence-corrected chi connectivity index (χ2v) is 5.54. The Labute approximate surface area is 93.8 Å². The maximum absolute atomic E-state index is 5.92. The summed E-state index contributed by atoms with van der Waals surface area (Å²) in [6.07, 6.45) is 12.8. The van der Waals surface area contributed by atoms with Crippen LogP contribution >= 0.6 is 0 Å². The van der Waals surface area contributed by atoms with E-state index < -0.39 is 0 Å². The van der Waals surface area contributed by atoms with Crippen LogP contribution in [0.5, 0.6) is 0 Å². The standard InChI is InChI=1S/C13H25N2.2Rf/c14-12-5-1-10(2-6-12)9-11-3-7-13(15)8-4-11;;/h9-13H,1-8,14-15H2;;/q-1;;. The van der Waals surface area contributed by atoms with E-state index in [0.717, 1.165) is 11.8 Å². The van der Waals surface area contributed by atoms with E-state index in [1.807, 2.05) is 0 Å². The molecule has 0 radical (unpaired) electrons.